The first-order valence-corrected chi connectivity index (χ1v) is 15.5. The molecule has 1 aliphatic heterocycles. The lowest BCUT2D eigenvalue weighted by molar-refractivity contribution is -0.182. The number of nitrogens with one attached hydrogen (secondary N) is 2. The van der Waals surface area contributed by atoms with Gasteiger partial charge in [0.05, 0.1) is 18.9 Å². The second-order valence-electron chi connectivity index (χ2n) is 9.98. The fraction of sp³-hybridized carbons (Fsp3) is 0.423. The van der Waals surface area contributed by atoms with Gasteiger partial charge in [0, 0.05) is 5.39 Å². The molecule has 0 spiro atoms. The molecule has 6 atom stereocenters. The number of nitrogens with zero attached hydrogens (tertiary/aromatic N) is 1. The number of aliphatic hydroxyl groups is 1. The molecule has 1 aliphatic rings. The number of ether oxygens (including phenoxy) is 2. The molecule has 0 amide bonds. The van der Waals surface area contributed by atoms with E-state index >= 15 is 4.39 Å². The Morgan fingerprint density at radius 3 is 2.56 bits per heavy atom. The first kappa shape index (κ1) is 32.8. The molecule has 234 valence electrons. The third-order valence-electron chi connectivity index (χ3n) is 6.45. The Bertz CT molecular complexity index is 1650. The van der Waals surface area contributed by atoms with E-state index in [4.69, 9.17) is 30.3 Å². The number of fused-ring (bicyclic) bond motifs is 1. The summed E-state index contributed by atoms with van der Waals surface area (Å²) in [6.07, 6.45) is -11.4. The van der Waals surface area contributed by atoms with Crippen LogP contribution < -0.4 is 20.9 Å². The second-order valence-corrected chi connectivity index (χ2v) is 13.1. The van der Waals surface area contributed by atoms with E-state index in [9.17, 15) is 32.7 Å². The van der Waals surface area contributed by atoms with Crippen LogP contribution in [0.2, 0.25) is 0 Å². The molecule has 0 radical (unpaired) electrons. The zero-order chi connectivity index (χ0) is 31.7. The molecule has 2 heterocycles. The number of halogens is 4. The number of alkyl halides is 3. The van der Waals surface area contributed by atoms with Gasteiger partial charge in [0.1, 0.15) is 17.9 Å². The summed E-state index contributed by atoms with van der Waals surface area (Å²) in [4.78, 5) is 37.8. The largest absolute Gasteiger partial charge is 0.462 e. The van der Waals surface area contributed by atoms with E-state index in [2.05, 4.69) is 5.09 Å². The highest BCUT2D eigenvalue weighted by molar-refractivity contribution is 8.09. The number of aliphatic hydroxyl groups excluding tert-OH is 1. The lowest BCUT2D eigenvalue weighted by atomic mass is 9.98. The van der Waals surface area contributed by atoms with Crippen molar-refractivity contribution in [3.63, 3.8) is 0 Å². The monoisotopic (exact) mass is 649 g/mol. The van der Waals surface area contributed by atoms with Gasteiger partial charge < -0.3 is 23.6 Å². The van der Waals surface area contributed by atoms with E-state index in [1.165, 1.54) is 13.0 Å². The minimum atomic E-state index is -4.05. The van der Waals surface area contributed by atoms with Gasteiger partial charge in [-0.2, -0.15) is 4.39 Å². The van der Waals surface area contributed by atoms with E-state index in [-0.39, 0.29) is 10.3 Å². The molecular formula is C26H28F4N3O8PS. The van der Waals surface area contributed by atoms with Gasteiger partial charge in [0.2, 0.25) is 5.82 Å². The number of carbonyl (C=O) groups excluding carboxylic acids is 1. The van der Waals surface area contributed by atoms with E-state index in [1.54, 1.807) is 55.2 Å². The van der Waals surface area contributed by atoms with Crippen LogP contribution in [0.1, 0.15) is 27.0 Å². The molecule has 17 heteroatoms. The van der Waals surface area contributed by atoms with Crippen molar-refractivity contribution >= 4 is 35.2 Å². The standard InChI is InChI=1S/C26H28F4N3O8PS/c1-13(2)39-23(36)14(3)32-42(43,41-18-10-6-8-15-7-4-5-9-16(15)18)38-12-26(24(29)30)20(28)19(34)22(40-26)33-11-17(27)21(35)31-25(33)37/h4-11,13-14,19-20,22,24,34H,12H2,1-3H3,(H,32,43)(H,31,35,37)/t14-,19+,20+,22+,26+,42?/m0/s1. The van der Waals surface area contributed by atoms with Crippen molar-refractivity contribution in [2.24, 2.45) is 0 Å². The Labute approximate surface area is 246 Å². The van der Waals surface area contributed by atoms with Gasteiger partial charge in [0.15, 0.2) is 18.0 Å². The van der Waals surface area contributed by atoms with Crippen LogP contribution in [0.3, 0.4) is 0 Å². The molecule has 3 aromatic rings. The Hall–Kier alpha value is -3.14. The van der Waals surface area contributed by atoms with Crippen LogP contribution in [-0.2, 0) is 30.6 Å². The van der Waals surface area contributed by atoms with Gasteiger partial charge >= 0.3 is 18.3 Å². The van der Waals surface area contributed by atoms with Crippen LogP contribution in [0, 0.1) is 5.82 Å². The molecule has 2 aromatic carbocycles. The normalized spacial score (nSPS) is 24.3. The van der Waals surface area contributed by atoms with Gasteiger partial charge in [0.25, 0.3) is 12.0 Å². The molecule has 43 heavy (non-hydrogen) atoms. The maximum absolute atomic E-state index is 15.5. The van der Waals surface area contributed by atoms with Crippen LogP contribution in [0.25, 0.3) is 10.8 Å². The Kier molecular flexibility index (Phi) is 9.79. The predicted octanol–water partition coefficient (Wildman–Crippen LogP) is 3.31. The quantitative estimate of drug-likeness (QED) is 0.161. The zero-order valence-electron chi connectivity index (χ0n) is 22.9. The van der Waals surface area contributed by atoms with Crippen molar-refractivity contribution in [1.82, 2.24) is 14.6 Å². The van der Waals surface area contributed by atoms with Crippen molar-refractivity contribution in [3.05, 3.63) is 75.3 Å². The van der Waals surface area contributed by atoms with Crippen molar-refractivity contribution in [1.29, 1.82) is 0 Å². The number of esters is 1. The van der Waals surface area contributed by atoms with Gasteiger partial charge in [-0.1, -0.05) is 36.4 Å². The van der Waals surface area contributed by atoms with Crippen LogP contribution in [0.15, 0.2) is 58.3 Å². The van der Waals surface area contributed by atoms with Crippen LogP contribution in [-0.4, -0.2) is 63.7 Å². The molecule has 3 N–H and O–H groups in total. The molecule has 1 saturated heterocycles. The van der Waals surface area contributed by atoms with Crippen LogP contribution in [0.4, 0.5) is 17.6 Å². The SMILES string of the molecule is CC(C)OC(=O)[C@H](C)NP(=S)(OC[C@@]1(C(F)F)O[C@@H](n2cc(F)c(=O)[nH]c2=O)[C@H](O)[C@H]1F)Oc1cccc2ccccc12. The molecule has 4 rings (SSSR count). The fourth-order valence-corrected chi connectivity index (χ4v) is 6.74. The predicted molar refractivity (Wildman–Crippen MR) is 150 cm³/mol. The zero-order valence-corrected chi connectivity index (χ0v) is 24.6. The van der Waals surface area contributed by atoms with Crippen molar-refractivity contribution in [3.8, 4) is 5.75 Å². The number of benzene rings is 2. The van der Waals surface area contributed by atoms with E-state index in [0.29, 0.717) is 11.6 Å². The van der Waals surface area contributed by atoms with Gasteiger partial charge in [-0.3, -0.25) is 19.1 Å². The van der Waals surface area contributed by atoms with Crippen molar-refractivity contribution in [2.75, 3.05) is 6.61 Å². The summed E-state index contributed by atoms with van der Waals surface area (Å²) in [6, 6.07) is 10.7. The minimum absolute atomic E-state index is 0.154. The number of H-pyrrole nitrogens is 1. The van der Waals surface area contributed by atoms with Gasteiger partial charge in [-0.25, -0.2) is 23.1 Å². The molecule has 0 saturated carbocycles. The molecule has 1 aromatic heterocycles. The van der Waals surface area contributed by atoms with E-state index < -0.39 is 79.0 Å². The number of aromatic nitrogens is 2. The molecule has 0 aliphatic carbocycles. The molecular weight excluding hydrogens is 621 g/mol. The van der Waals surface area contributed by atoms with E-state index in [0.717, 1.165) is 5.39 Å². The van der Waals surface area contributed by atoms with E-state index in [1.807, 2.05) is 0 Å². The lowest BCUT2D eigenvalue weighted by Gasteiger charge is -2.33. The maximum Gasteiger partial charge on any atom is 0.330 e. The summed E-state index contributed by atoms with van der Waals surface area (Å²) >= 11 is 5.59. The number of hydrogen-bond donors (Lipinski definition) is 3. The Morgan fingerprint density at radius 2 is 1.88 bits per heavy atom. The smallest absolute Gasteiger partial charge is 0.330 e. The van der Waals surface area contributed by atoms with Crippen LogP contribution in [0.5, 0.6) is 5.75 Å². The van der Waals surface area contributed by atoms with Gasteiger partial charge in [-0.15, -0.1) is 0 Å². The summed E-state index contributed by atoms with van der Waals surface area (Å²) in [5.41, 5.74) is -6.01. The highest BCUT2D eigenvalue weighted by Gasteiger charge is 2.62. The molecule has 0 bridgehead atoms. The number of rotatable bonds is 11. The van der Waals surface area contributed by atoms with Gasteiger partial charge in [-0.05, 0) is 44.0 Å². The third-order valence-corrected chi connectivity index (χ3v) is 8.92. The van der Waals surface area contributed by atoms with Crippen LogP contribution >= 0.6 is 6.64 Å². The highest BCUT2D eigenvalue weighted by Crippen LogP contribution is 2.51. The maximum atomic E-state index is 15.5. The average Bonchev–Trinajstić information content (AvgIpc) is 3.20. The number of aromatic amines is 1. The van der Waals surface area contributed by atoms with Crippen molar-refractivity contribution < 1.29 is 46.0 Å². The molecule has 11 nitrogen and oxygen atoms in total. The Morgan fingerprint density at radius 1 is 1.21 bits per heavy atom. The van der Waals surface area contributed by atoms with Crippen molar-refractivity contribution in [2.45, 2.75) is 63.4 Å². The molecule has 1 unspecified atom stereocenters. The first-order valence-electron chi connectivity index (χ1n) is 12.9. The second kappa shape index (κ2) is 12.8. The number of carbonyl (C=O) groups is 1. The summed E-state index contributed by atoms with van der Waals surface area (Å²) in [6.45, 7) is -0.816. The summed E-state index contributed by atoms with van der Waals surface area (Å²) in [5, 5.41) is 14.4. The summed E-state index contributed by atoms with van der Waals surface area (Å²) < 4.78 is 80.8. The average molecular weight is 650 g/mol. The fourth-order valence-electron chi connectivity index (χ4n) is 4.32. The topological polar surface area (TPSA) is 141 Å². The lowest BCUT2D eigenvalue weighted by Crippen LogP contribution is -2.51. The highest BCUT2D eigenvalue weighted by atomic mass is 32.5. The number of hydrogen-bond acceptors (Lipinski definition) is 9. The Balaban J connectivity index is 1.69. The third kappa shape index (κ3) is 6.84. The summed E-state index contributed by atoms with van der Waals surface area (Å²) in [7, 11) is 0. The molecule has 1 fully saturated rings. The first-order chi connectivity index (χ1) is 20.2. The minimum Gasteiger partial charge on any atom is -0.462 e. The summed E-state index contributed by atoms with van der Waals surface area (Å²) in [5.74, 6) is -2.13.